The van der Waals surface area contributed by atoms with Crippen LogP contribution in [0, 0.1) is 0 Å². The van der Waals surface area contributed by atoms with Crippen molar-refractivity contribution >= 4 is 29.7 Å². The van der Waals surface area contributed by atoms with Gasteiger partial charge in [0, 0.05) is 6.07 Å². The normalized spacial score (nSPS) is 18.4. The monoisotopic (exact) mass is 376 g/mol. The number of aromatic nitrogens is 1. The third kappa shape index (κ3) is 3.19. The van der Waals surface area contributed by atoms with Gasteiger partial charge in [0.1, 0.15) is 5.54 Å². The molecule has 1 saturated heterocycles. The van der Waals surface area contributed by atoms with Crippen molar-refractivity contribution in [3.63, 3.8) is 0 Å². The second-order valence-corrected chi connectivity index (χ2v) is 7.24. The number of hydrogen-bond donors (Lipinski definition) is 2. The number of rotatable bonds is 3. The number of nitrogens with one attached hydrogen (secondary N) is 2. The maximum atomic E-state index is 13.4. The molecule has 1 aromatic heterocycles. The molecule has 7 heteroatoms. The molecule has 2 aromatic rings. The van der Waals surface area contributed by atoms with Gasteiger partial charge in [0.2, 0.25) is 0 Å². The van der Waals surface area contributed by atoms with Gasteiger partial charge >= 0.3 is 0 Å². The average Bonchev–Trinajstić information content (AvgIpc) is 3.09. The van der Waals surface area contributed by atoms with E-state index in [0.717, 1.165) is 48.8 Å². The molecule has 1 amide bonds. The highest BCUT2D eigenvalue weighted by molar-refractivity contribution is 6.07. The zero-order chi connectivity index (χ0) is 17.4. The van der Waals surface area contributed by atoms with E-state index < -0.39 is 5.54 Å². The number of hydrogen-bond acceptors (Lipinski definition) is 5. The van der Waals surface area contributed by atoms with Crippen LogP contribution in [0.2, 0.25) is 0 Å². The second-order valence-electron chi connectivity index (χ2n) is 7.24. The lowest BCUT2D eigenvalue weighted by atomic mass is 9.84. The Bertz CT molecular complexity index is 783. The topological polar surface area (TPSA) is 70.4 Å². The Morgan fingerprint density at radius 3 is 2.69 bits per heavy atom. The van der Waals surface area contributed by atoms with E-state index in [1.54, 1.807) is 0 Å². The van der Waals surface area contributed by atoms with Crippen LogP contribution in [0.5, 0.6) is 0 Å². The number of carbonyl (C=O) groups is 1. The highest BCUT2D eigenvalue weighted by Gasteiger charge is 2.46. The minimum Gasteiger partial charge on any atom is -0.369 e. The summed E-state index contributed by atoms with van der Waals surface area (Å²) in [5, 5.41) is 11.0. The molecule has 2 aliphatic heterocycles. The summed E-state index contributed by atoms with van der Waals surface area (Å²) in [6, 6.07) is 9.94. The third-order valence-electron chi connectivity index (χ3n) is 5.16. The zero-order valence-electron chi connectivity index (χ0n) is 15.1. The van der Waals surface area contributed by atoms with Gasteiger partial charge < -0.3 is 20.1 Å². The molecule has 1 aromatic carbocycles. The van der Waals surface area contributed by atoms with Crippen LogP contribution in [0.4, 0.5) is 11.4 Å². The van der Waals surface area contributed by atoms with Gasteiger partial charge in [0.15, 0.2) is 5.76 Å². The van der Waals surface area contributed by atoms with Gasteiger partial charge in [-0.3, -0.25) is 4.79 Å². The van der Waals surface area contributed by atoms with E-state index >= 15 is 0 Å². The zero-order valence-corrected chi connectivity index (χ0v) is 15.9. The first kappa shape index (κ1) is 18.7. The maximum absolute atomic E-state index is 13.4. The maximum Gasteiger partial charge on any atom is 0.253 e. The van der Waals surface area contributed by atoms with Crippen molar-refractivity contribution in [1.29, 1.82) is 0 Å². The van der Waals surface area contributed by atoms with E-state index in [1.165, 1.54) is 0 Å². The van der Waals surface area contributed by atoms with Crippen molar-refractivity contribution in [2.75, 3.05) is 23.3 Å². The SMILES string of the molecule is CC(C)c1cc(CN2C(=O)C3(CCNCC3)Nc3ccccc32)on1.Cl. The van der Waals surface area contributed by atoms with Gasteiger partial charge in [-0.25, -0.2) is 0 Å². The number of piperidine rings is 1. The number of anilines is 2. The molecular weight excluding hydrogens is 352 g/mol. The second kappa shape index (κ2) is 7.29. The summed E-state index contributed by atoms with van der Waals surface area (Å²) in [6.07, 6.45) is 1.56. The lowest BCUT2D eigenvalue weighted by Crippen LogP contribution is -2.61. The molecule has 0 unspecified atom stereocenters. The molecule has 26 heavy (non-hydrogen) atoms. The number of amides is 1. The third-order valence-corrected chi connectivity index (χ3v) is 5.16. The van der Waals surface area contributed by atoms with Crippen molar-refractivity contribution in [2.45, 2.75) is 44.7 Å². The van der Waals surface area contributed by atoms with Gasteiger partial charge in [-0.15, -0.1) is 12.4 Å². The molecule has 3 heterocycles. The van der Waals surface area contributed by atoms with E-state index in [2.05, 4.69) is 29.6 Å². The average molecular weight is 377 g/mol. The molecule has 6 nitrogen and oxygen atoms in total. The van der Waals surface area contributed by atoms with Crippen LogP contribution in [0.1, 0.15) is 44.1 Å². The van der Waals surface area contributed by atoms with Crippen molar-refractivity contribution in [3.8, 4) is 0 Å². The number of para-hydroxylation sites is 2. The van der Waals surface area contributed by atoms with E-state index in [1.807, 2.05) is 35.2 Å². The summed E-state index contributed by atoms with van der Waals surface area (Å²) in [5.74, 6) is 1.15. The Balaban J connectivity index is 0.00000196. The number of nitrogens with zero attached hydrogens (tertiary/aromatic N) is 2. The van der Waals surface area contributed by atoms with E-state index in [9.17, 15) is 4.79 Å². The number of halogens is 1. The summed E-state index contributed by atoms with van der Waals surface area (Å²) >= 11 is 0. The molecule has 0 bridgehead atoms. The van der Waals surface area contributed by atoms with Gasteiger partial charge in [-0.2, -0.15) is 0 Å². The van der Waals surface area contributed by atoms with Crippen LogP contribution in [0.25, 0.3) is 0 Å². The smallest absolute Gasteiger partial charge is 0.253 e. The van der Waals surface area contributed by atoms with Crippen molar-refractivity contribution < 1.29 is 9.32 Å². The highest BCUT2D eigenvalue weighted by Crippen LogP contribution is 2.39. The molecule has 1 fully saturated rings. The van der Waals surface area contributed by atoms with Crippen molar-refractivity contribution in [1.82, 2.24) is 10.5 Å². The van der Waals surface area contributed by atoms with Crippen molar-refractivity contribution in [3.05, 3.63) is 41.8 Å². The van der Waals surface area contributed by atoms with Gasteiger partial charge in [-0.1, -0.05) is 31.1 Å². The standard InChI is InChI=1S/C19H24N4O2.ClH/c1-13(2)16-11-14(25-22-16)12-23-17-6-4-3-5-15(17)21-19(18(23)24)7-9-20-10-8-19;/h3-6,11,13,20-21H,7-10,12H2,1-2H3;1H. The van der Waals surface area contributed by atoms with E-state index in [0.29, 0.717) is 12.5 Å². The molecule has 0 saturated carbocycles. The lowest BCUT2D eigenvalue weighted by Gasteiger charge is -2.45. The molecule has 0 aliphatic carbocycles. The van der Waals surface area contributed by atoms with Crippen LogP contribution < -0.4 is 15.5 Å². The molecule has 4 rings (SSSR count). The fourth-order valence-corrected chi connectivity index (χ4v) is 3.67. The first-order chi connectivity index (χ1) is 12.1. The molecule has 0 radical (unpaired) electrons. The van der Waals surface area contributed by atoms with Gasteiger partial charge in [-0.05, 0) is 44.0 Å². The van der Waals surface area contributed by atoms with Gasteiger partial charge in [0.25, 0.3) is 5.91 Å². The van der Waals surface area contributed by atoms with Crippen LogP contribution in [-0.2, 0) is 11.3 Å². The minimum absolute atomic E-state index is 0. The summed E-state index contributed by atoms with van der Waals surface area (Å²) in [6.45, 7) is 6.25. The highest BCUT2D eigenvalue weighted by atomic mass is 35.5. The largest absolute Gasteiger partial charge is 0.369 e. The van der Waals surface area contributed by atoms with Crippen LogP contribution in [0.15, 0.2) is 34.9 Å². The molecule has 2 aliphatic rings. The predicted octanol–water partition coefficient (Wildman–Crippen LogP) is 3.30. The van der Waals surface area contributed by atoms with Crippen LogP contribution >= 0.6 is 12.4 Å². The molecule has 0 atom stereocenters. The number of fused-ring (bicyclic) bond motifs is 1. The fraction of sp³-hybridized carbons (Fsp3) is 0.474. The first-order valence-corrected chi connectivity index (χ1v) is 8.94. The Morgan fingerprint density at radius 2 is 2.00 bits per heavy atom. The Morgan fingerprint density at radius 1 is 1.27 bits per heavy atom. The summed E-state index contributed by atoms with van der Waals surface area (Å²) in [4.78, 5) is 15.2. The van der Waals surface area contributed by atoms with Crippen molar-refractivity contribution in [2.24, 2.45) is 0 Å². The summed E-state index contributed by atoms with van der Waals surface area (Å²) < 4.78 is 5.49. The van der Waals surface area contributed by atoms with E-state index in [4.69, 9.17) is 4.52 Å². The van der Waals surface area contributed by atoms with Crippen LogP contribution in [-0.4, -0.2) is 29.7 Å². The molecule has 140 valence electrons. The molecule has 1 spiro atoms. The quantitative estimate of drug-likeness (QED) is 0.860. The Hall–Kier alpha value is -2.05. The summed E-state index contributed by atoms with van der Waals surface area (Å²) in [5.41, 5.74) is 2.30. The predicted molar refractivity (Wildman–Crippen MR) is 104 cm³/mol. The van der Waals surface area contributed by atoms with E-state index in [-0.39, 0.29) is 18.3 Å². The number of benzene rings is 1. The van der Waals surface area contributed by atoms with Gasteiger partial charge in [0.05, 0.1) is 23.6 Å². The fourth-order valence-electron chi connectivity index (χ4n) is 3.67. The molecular formula is C19H25ClN4O2. The Labute approximate surface area is 159 Å². The van der Waals surface area contributed by atoms with Crippen LogP contribution in [0.3, 0.4) is 0 Å². The summed E-state index contributed by atoms with van der Waals surface area (Å²) in [7, 11) is 0. The molecule has 2 N–H and O–H groups in total. The number of carbonyl (C=O) groups excluding carboxylic acids is 1. The lowest BCUT2D eigenvalue weighted by molar-refractivity contribution is -0.124. The first-order valence-electron chi connectivity index (χ1n) is 8.94. The Kier molecular flexibility index (Phi) is 5.25. The minimum atomic E-state index is -0.527.